The van der Waals surface area contributed by atoms with E-state index in [-0.39, 0.29) is 5.82 Å². The van der Waals surface area contributed by atoms with Crippen molar-refractivity contribution in [3.05, 3.63) is 98.5 Å². The van der Waals surface area contributed by atoms with Gasteiger partial charge in [0, 0.05) is 17.0 Å². The molecular weight excluding hydrogens is 366 g/mol. The summed E-state index contributed by atoms with van der Waals surface area (Å²) in [7, 11) is 0. The predicted octanol–water partition coefficient (Wildman–Crippen LogP) is 3.41. The molecule has 0 saturated heterocycles. The van der Waals surface area contributed by atoms with Crippen LogP contribution in [-0.2, 0) is 11.2 Å². The number of rotatable bonds is 4. The normalized spacial score (nSPS) is 18.6. The molecule has 0 fully saturated rings. The van der Waals surface area contributed by atoms with Crippen molar-refractivity contribution in [2.45, 2.75) is 12.5 Å². The van der Waals surface area contributed by atoms with Crippen LogP contribution in [0.1, 0.15) is 11.1 Å². The van der Waals surface area contributed by atoms with Gasteiger partial charge in [-0.05, 0) is 28.2 Å². The van der Waals surface area contributed by atoms with Crippen molar-refractivity contribution in [1.82, 2.24) is 5.32 Å². The number of hydrogen-bond acceptors (Lipinski definition) is 5. The van der Waals surface area contributed by atoms with Crippen molar-refractivity contribution < 1.29 is 9.72 Å². The number of aliphatic imine (C=N–C) groups is 1. The molecule has 0 radical (unpaired) electrons. The van der Waals surface area contributed by atoms with E-state index in [1.807, 2.05) is 42.5 Å². The Bertz CT molecular complexity index is 1020. The summed E-state index contributed by atoms with van der Waals surface area (Å²) < 4.78 is 0. The molecule has 0 aliphatic carbocycles. The Hall–Kier alpha value is -3.25. The van der Waals surface area contributed by atoms with Crippen LogP contribution in [0, 0.1) is 10.1 Å². The number of nitro groups is 1. The SMILES string of the molecule is O=C1C=C([N+](=O)[O-])NC2=C(c3ccc(Cl)cc3)C(Cc3ccccc3)=NC12. The van der Waals surface area contributed by atoms with E-state index in [4.69, 9.17) is 11.6 Å². The van der Waals surface area contributed by atoms with E-state index >= 15 is 0 Å². The molecule has 2 aromatic rings. The number of carbonyl (C=O) groups is 1. The Labute approximate surface area is 160 Å². The van der Waals surface area contributed by atoms with Gasteiger partial charge in [-0.3, -0.25) is 9.79 Å². The molecule has 0 saturated carbocycles. The average Bonchev–Trinajstić information content (AvgIpc) is 3.02. The zero-order valence-electron chi connectivity index (χ0n) is 14.1. The summed E-state index contributed by atoms with van der Waals surface area (Å²) in [5.41, 5.74) is 3.71. The largest absolute Gasteiger partial charge is 0.358 e. The standard InChI is InChI=1S/C20H14ClN3O3/c21-14-8-6-13(7-9-14)18-15(10-12-4-2-1-3-5-12)22-19-16(25)11-17(24(26)27)23-20(18)19/h1-9,11,19,23H,10H2. The van der Waals surface area contributed by atoms with Gasteiger partial charge < -0.3 is 10.1 Å². The molecule has 0 amide bonds. The van der Waals surface area contributed by atoms with Crippen molar-refractivity contribution in [2.24, 2.45) is 4.99 Å². The Balaban J connectivity index is 1.82. The Morgan fingerprint density at radius 1 is 1.11 bits per heavy atom. The Kier molecular flexibility index (Phi) is 4.33. The van der Waals surface area contributed by atoms with E-state index in [2.05, 4.69) is 10.3 Å². The minimum atomic E-state index is -0.780. The summed E-state index contributed by atoms with van der Waals surface area (Å²) in [6, 6.07) is 16.1. The molecule has 2 aliphatic heterocycles. The molecule has 2 aromatic carbocycles. The molecule has 2 heterocycles. The van der Waals surface area contributed by atoms with E-state index in [1.54, 1.807) is 12.1 Å². The first-order valence-electron chi connectivity index (χ1n) is 8.31. The topological polar surface area (TPSA) is 84.6 Å². The number of halogens is 1. The fourth-order valence-corrected chi connectivity index (χ4v) is 3.39. The number of allylic oxidation sites excluding steroid dienone is 1. The first kappa shape index (κ1) is 17.2. The summed E-state index contributed by atoms with van der Waals surface area (Å²) in [5.74, 6) is -0.737. The van der Waals surface area contributed by atoms with Gasteiger partial charge in [-0.1, -0.05) is 54.1 Å². The molecule has 27 heavy (non-hydrogen) atoms. The molecule has 7 heteroatoms. The number of benzene rings is 2. The fraction of sp³-hybridized carbons (Fsp3) is 0.100. The number of carbonyl (C=O) groups excluding carboxylic acids is 1. The maximum Gasteiger partial charge on any atom is 0.324 e. The lowest BCUT2D eigenvalue weighted by molar-refractivity contribution is -0.431. The molecule has 1 N–H and O–H groups in total. The maximum atomic E-state index is 12.4. The van der Waals surface area contributed by atoms with Crippen LogP contribution in [0.3, 0.4) is 0 Å². The van der Waals surface area contributed by atoms with Crippen LogP contribution < -0.4 is 5.32 Å². The van der Waals surface area contributed by atoms with Crippen molar-refractivity contribution >= 4 is 28.7 Å². The highest BCUT2D eigenvalue weighted by molar-refractivity contribution is 6.31. The minimum absolute atomic E-state index is 0.339. The average molecular weight is 380 g/mol. The Morgan fingerprint density at radius 3 is 2.48 bits per heavy atom. The van der Waals surface area contributed by atoms with Crippen molar-refractivity contribution in [2.75, 3.05) is 0 Å². The second-order valence-corrected chi connectivity index (χ2v) is 6.69. The van der Waals surface area contributed by atoms with Crippen LogP contribution in [-0.4, -0.2) is 22.5 Å². The summed E-state index contributed by atoms with van der Waals surface area (Å²) in [4.78, 5) is 27.6. The van der Waals surface area contributed by atoms with Gasteiger partial charge in [-0.2, -0.15) is 0 Å². The van der Waals surface area contributed by atoms with Gasteiger partial charge in [-0.25, -0.2) is 5.32 Å². The third-order valence-corrected chi connectivity index (χ3v) is 4.72. The van der Waals surface area contributed by atoms with Crippen LogP contribution in [0.15, 0.2) is 77.2 Å². The number of ketones is 1. The van der Waals surface area contributed by atoms with Gasteiger partial charge in [-0.15, -0.1) is 0 Å². The molecule has 1 unspecified atom stereocenters. The fourth-order valence-electron chi connectivity index (χ4n) is 3.26. The van der Waals surface area contributed by atoms with E-state index in [9.17, 15) is 14.9 Å². The lowest BCUT2D eigenvalue weighted by atomic mass is 9.93. The summed E-state index contributed by atoms with van der Waals surface area (Å²) in [6.07, 6.45) is 1.52. The number of nitrogens with one attached hydrogen (secondary N) is 1. The highest BCUT2D eigenvalue weighted by Crippen LogP contribution is 2.34. The van der Waals surface area contributed by atoms with Crippen molar-refractivity contribution in [1.29, 1.82) is 0 Å². The molecule has 134 valence electrons. The molecule has 0 aromatic heterocycles. The Morgan fingerprint density at radius 2 is 1.81 bits per heavy atom. The van der Waals surface area contributed by atoms with E-state index in [0.29, 0.717) is 28.4 Å². The van der Waals surface area contributed by atoms with Crippen LogP contribution in [0.5, 0.6) is 0 Å². The molecule has 4 rings (SSSR count). The smallest absolute Gasteiger partial charge is 0.324 e. The highest BCUT2D eigenvalue weighted by atomic mass is 35.5. The van der Waals surface area contributed by atoms with E-state index < -0.39 is 16.7 Å². The second-order valence-electron chi connectivity index (χ2n) is 6.25. The first-order chi connectivity index (χ1) is 13.0. The van der Waals surface area contributed by atoms with Gasteiger partial charge in [0.05, 0.1) is 11.8 Å². The number of hydrogen-bond donors (Lipinski definition) is 1. The minimum Gasteiger partial charge on any atom is -0.358 e. The van der Waals surface area contributed by atoms with Gasteiger partial charge in [0.25, 0.3) is 0 Å². The van der Waals surface area contributed by atoms with Gasteiger partial charge >= 0.3 is 5.82 Å². The van der Waals surface area contributed by atoms with Gasteiger partial charge in [0.2, 0.25) is 0 Å². The van der Waals surface area contributed by atoms with Crippen molar-refractivity contribution in [3.8, 4) is 0 Å². The van der Waals surface area contributed by atoms with Crippen LogP contribution in [0.25, 0.3) is 5.57 Å². The lowest BCUT2D eigenvalue weighted by Crippen LogP contribution is -2.35. The quantitative estimate of drug-likeness (QED) is 0.651. The molecular formula is C20H14ClN3O3. The highest BCUT2D eigenvalue weighted by Gasteiger charge is 2.41. The second kappa shape index (κ2) is 6.81. The third-order valence-electron chi connectivity index (χ3n) is 4.47. The number of fused-ring (bicyclic) bond motifs is 1. The van der Waals surface area contributed by atoms with Crippen LogP contribution >= 0.6 is 11.6 Å². The predicted molar refractivity (Wildman–Crippen MR) is 103 cm³/mol. The summed E-state index contributed by atoms with van der Waals surface area (Å²) in [6.45, 7) is 0. The van der Waals surface area contributed by atoms with Gasteiger partial charge in [0.1, 0.15) is 5.70 Å². The molecule has 0 bridgehead atoms. The lowest BCUT2D eigenvalue weighted by Gasteiger charge is -2.15. The third kappa shape index (κ3) is 3.27. The first-order valence-corrected chi connectivity index (χ1v) is 8.69. The van der Waals surface area contributed by atoms with Crippen LogP contribution in [0.4, 0.5) is 0 Å². The van der Waals surface area contributed by atoms with E-state index in [0.717, 1.165) is 17.2 Å². The number of nitrogens with zero attached hydrogens (tertiary/aromatic N) is 2. The summed E-state index contributed by atoms with van der Waals surface area (Å²) in [5, 5.41) is 14.6. The molecule has 1 atom stereocenters. The monoisotopic (exact) mass is 379 g/mol. The van der Waals surface area contributed by atoms with Crippen molar-refractivity contribution in [3.63, 3.8) is 0 Å². The molecule has 2 aliphatic rings. The maximum absolute atomic E-state index is 12.4. The zero-order chi connectivity index (χ0) is 19.0. The zero-order valence-corrected chi connectivity index (χ0v) is 14.8. The molecule has 6 nitrogen and oxygen atoms in total. The molecule has 0 spiro atoms. The van der Waals surface area contributed by atoms with Gasteiger partial charge in [0.15, 0.2) is 11.8 Å². The van der Waals surface area contributed by atoms with E-state index in [1.165, 1.54) is 0 Å². The van der Waals surface area contributed by atoms with Crippen LogP contribution in [0.2, 0.25) is 5.02 Å². The summed E-state index contributed by atoms with van der Waals surface area (Å²) >= 11 is 6.00.